The summed E-state index contributed by atoms with van der Waals surface area (Å²) in [5.74, 6) is 0.770. The van der Waals surface area contributed by atoms with Gasteiger partial charge in [-0.25, -0.2) is 4.98 Å². The van der Waals surface area contributed by atoms with Gasteiger partial charge >= 0.3 is 0 Å². The molecule has 0 bridgehead atoms. The number of fused-ring (bicyclic) bond motifs is 1. The van der Waals surface area contributed by atoms with Crippen LogP contribution in [-0.4, -0.2) is 32.4 Å². The topological polar surface area (TPSA) is 77.2 Å². The lowest BCUT2D eigenvalue weighted by Gasteiger charge is -2.16. The van der Waals surface area contributed by atoms with Crippen LogP contribution in [0, 0.1) is 13.8 Å². The highest BCUT2D eigenvalue weighted by Crippen LogP contribution is 2.22. The van der Waals surface area contributed by atoms with Crippen molar-refractivity contribution < 1.29 is 9.84 Å². The summed E-state index contributed by atoms with van der Waals surface area (Å²) in [7, 11) is 0. The molecule has 3 aromatic rings. The van der Waals surface area contributed by atoms with Crippen LogP contribution in [0.15, 0.2) is 47.8 Å². The van der Waals surface area contributed by atoms with Gasteiger partial charge in [-0.15, -0.1) is 0 Å². The van der Waals surface area contributed by atoms with Gasteiger partial charge < -0.3 is 9.84 Å². The molecule has 0 aliphatic heterocycles. The van der Waals surface area contributed by atoms with Crippen molar-refractivity contribution in [3.8, 4) is 5.75 Å². The maximum atomic E-state index is 12.4. The Bertz CT molecular complexity index is 901. The summed E-state index contributed by atoms with van der Waals surface area (Å²) in [4.78, 5) is 20.5. The fourth-order valence-corrected chi connectivity index (χ4v) is 2.63. The van der Waals surface area contributed by atoms with E-state index in [1.165, 1.54) is 10.9 Å². The fraction of sp³-hybridized carbons (Fsp3) is 0.278. The molecule has 1 N–H and O–H groups in total. The van der Waals surface area contributed by atoms with Crippen LogP contribution in [0.25, 0.3) is 10.9 Å². The van der Waals surface area contributed by atoms with Gasteiger partial charge in [0, 0.05) is 6.20 Å². The number of aromatic nitrogens is 3. The molecule has 0 saturated carbocycles. The molecular formula is C18H19N3O3. The van der Waals surface area contributed by atoms with Gasteiger partial charge in [0.1, 0.15) is 18.5 Å². The average Bonchev–Trinajstić information content (AvgIpc) is 2.57. The largest absolute Gasteiger partial charge is 0.490 e. The molecule has 2 heterocycles. The van der Waals surface area contributed by atoms with Crippen LogP contribution >= 0.6 is 0 Å². The SMILES string of the molecule is Cc1cccc(C)c1OCC(O)Cn1cnc2cnccc2c1=O. The van der Waals surface area contributed by atoms with Crippen molar-refractivity contribution in [3.05, 3.63) is 64.5 Å². The molecule has 3 rings (SSSR count). The summed E-state index contributed by atoms with van der Waals surface area (Å²) in [6, 6.07) is 7.50. The third-order valence-electron chi connectivity index (χ3n) is 3.86. The average molecular weight is 325 g/mol. The maximum Gasteiger partial charge on any atom is 0.261 e. The summed E-state index contributed by atoms with van der Waals surface area (Å²) in [5.41, 5.74) is 2.37. The monoisotopic (exact) mass is 325 g/mol. The number of hydrogen-bond acceptors (Lipinski definition) is 5. The number of nitrogens with zero attached hydrogens (tertiary/aromatic N) is 3. The standard InChI is InChI=1S/C18H19N3O3/c1-12-4-3-5-13(2)17(12)24-10-14(22)9-21-11-20-16-8-19-7-6-15(16)18(21)23/h3-8,11,14,22H,9-10H2,1-2H3. The van der Waals surface area contributed by atoms with E-state index in [0.29, 0.717) is 10.9 Å². The van der Waals surface area contributed by atoms with Crippen molar-refractivity contribution in [2.24, 2.45) is 0 Å². The summed E-state index contributed by atoms with van der Waals surface area (Å²) in [5, 5.41) is 10.7. The Labute approximate surface area is 139 Å². The van der Waals surface area contributed by atoms with Crippen LogP contribution in [0.4, 0.5) is 0 Å². The zero-order valence-electron chi connectivity index (χ0n) is 13.6. The van der Waals surface area contributed by atoms with Crippen molar-refractivity contribution in [3.63, 3.8) is 0 Å². The molecule has 6 heteroatoms. The van der Waals surface area contributed by atoms with Crippen LogP contribution < -0.4 is 10.3 Å². The summed E-state index contributed by atoms with van der Waals surface area (Å²) < 4.78 is 7.12. The molecule has 6 nitrogen and oxygen atoms in total. The van der Waals surface area contributed by atoms with E-state index in [9.17, 15) is 9.90 Å². The molecule has 1 atom stereocenters. The Kier molecular flexibility index (Phi) is 4.57. The second-order valence-electron chi connectivity index (χ2n) is 5.78. The van der Waals surface area contributed by atoms with Crippen molar-refractivity contribution in [2.45, 2.75) is 26.5 Å². The number of pyridine rings is 1. The smallest absolute Gasteiger partial charge is 0.261 e. The highest BCUT2D eigenvalue weighted by atomic mass is 16.5. The molecule has 1 unspecified atom stereocenters. The van der Waals surface area contributed by atoms with Crippen LogP contribution in [-0.2, 0) is 6.54 Å². The lowest BCUT2D eigenvalue weighted by molar-refractivity contribution is 0.0908. The number of aryl methyl sites for hydroxylation is 2. The summed E-state index contributed by atoms with van der Waals surface area (Å²) in [6.07, 6.45) is 3.70. The molecule has 0 fully saturated rings. The van der Waals surface area contributed by atoms with Gasteiger partial charge in [0.05, 0.1) is 30.0 Å². The summed E-state index contributed by atoms with van der Waals surface area (Å²) >= 11 is 0. The van der Waals surface area contributed by atoms with Crippen molar-refractivity contribution in [1.82, 2.24) is 14.5 Å². The van der Waals surface area contributed by atoms with Gasteiger partial charge in [-0.3, -0.25) is 14.3 Å². The maximum absolute atomic E-state index is 12.4. The lowest BCUT2D eigenvalue weighted by Crippen LogP contribution is -2.30. The van der Waals surface area contributed by atoms with E-state index in [1.807, 2.05) is 32.0 Å². The quantitative estimate of drug-likeness (QED) is 0.774. The molecule has 0 amide bonds. The Morgan fingerprint density at radius 2 is 2.00 bits per heavy atom. The minimum absolute atomic E-state index is 0.104. The Balaban J connectivity index is 1.72. The molecule has 24 heavy (non-hydrogen) atoms. The van der Waals surface area contributed by atoms with Gasteiger partial charge in [0.15, 0.2) is 0 Å². The number of aliphatic hydroxyl groups excluding tert-OH is 1. The molecule has 0 spiro atoms. The van der Waals surface area contributed by atoms with E-state index < -0.39 is 6.10 Å². The third-order valence-corrected chi connectivity index (χ3v) is 3.86. The van der Waals surface area contributed by atoms with Crippen molar-refractivity contribution in [2.75, 3.05) is 6.61 Å². The highest BCUT2D eigenvalue weighted by Gasteiger charge is 2.11. The van der Waals surface area contributed by atoms with E-state index in [4.69, 9.17) is 4.74 Å². The Morgan fingerprint density at radius 1 is 1.25 bits per heavy atom. The lowest BCUT2D eigenvalue weighted by atomic mass is 10.1. The first-order valence-corrected chi connectivity index (χ1v) is 7.72. The van der Waals surface area contributed by atoms with Gasteiger partial charge in [0.25, 0.3) is 5.56 Å². The van der Waals surface area contributed by atoms with Gasteiger partial charge in [-0.2, -0.15) is 0 Å². The van der Waals surface area contributed by atoms with E-state index in [0.717, 1.165) is 16.9 Å². The minimum Gasteiger partial charge on any atom is -0.490 e. The van der Waals surface area contributed by atoms with Gasteiger partial charge in [-0.1, -0.05) is 18.2 Å². The predicted octanol–water partition coefficient (Wildman–Crippen LogP) is 1.85. The molecule has 0 aliphatic carbocycles. The van der Waals surface area contributed by atoms with E-state index >= 15 is 0 Å². The zero-order valence-corrected chi connectivity index (χ0v) is 13.6. The first-order chi connectivity index (χ1) is 11.6. The Morgan fingerprint density at radius 3 is 2.75 bits per heavy atom. The van der Waals surface area contributed by atoms with Crippen LogP contribution in [0.1, 0.15) is 11.1 Å². The molecular weight excluding hydrogens is 306 g/mol. The first-order valence-electron chi connectivity index (χ1n) is 7.72. The van der Waals surface area contributed by atoms with E-state index in [1.54, 1.807) is 18.5 Å². The predicted molar refractivity (Wildman–Crippen MR) is 91.2 cm³/mol. The zero-order chi connectivity index (χ0) is 17.1. The molecule has 124 valence electrons. The summed E-state index contributed by atoms with van der Waals surface area (Å²) in [6.45, 7) is 4.14. The fourth-order valence-electron chi connectivity index (χ4n) is 2.63. The Hall–Kier alpha value is -2.73. The number of ether oxygens (including phenoxy) is 1. The number of aliphatic hydroxyl groups is 1. The first kappa shape index (κ1) is 16.1. The molecule has 0 radical (unpaired) electrons. The third kappa shape index (κ3) is 3.28. The second-order valence-corrected chi connectivity index (χ2v) is 5.78. The normalized spacial score (nSPS) is 12.3. The number of para-hydroxylation sites is 1. The van der Waals surface area contributed by atoms with Gasteiger partial charge in [0.2, 0.25) is 0 Å². The van der Waals surface area contributed by atoms with E-state index in [-0.39, 0.29) is 18.7 Å². The van der Waals surface area contributed by atoms with E-state index in [2.05, 4.69) is 9.97 Å². The van der Waals surface area contributed by atoms with Crippen LogP contribution in [0.5, 0.6) is 5.75 Å². The van der Waals surface area contributed by atoms with Crippen molar-refractivity contribution >= 4 is 10.9 Å². The number of rotatable bonds is 5. The highest BCUT2D eigenvalue weighted by molar-refractivity contribution is 5.75. The number of hydrogen-bond donors (Lipinski definition) is 1. The minimum atomic E-state index is -0.817. The molecule has 1 aromatic carbocycles. The van der Waals surface area contributed by atoms with Crippen LogP contribution in [0.3, 0.4) is 0 Å². The van der Waals surface area contributed by atoms with Crippen molar-refractivity contribution in [1.29, 1.82) is 0 Å². The number of benzene rings is 1. The molecule has 0 saturated heterocycles. The van der Waals surface area contributed by atoms with Gasteiger partial charge in [-0.05, 0) is 31.0 Å². The second kappa shape index (κ2) is 6.80. The molecule has 0 aliphatic rings. The van der Waals surface area contributed by atoms with Crippen LogP contribution in [0.2, 0.25) is 0 Å². The molecule has 2 aromatic heterocycles.